The topological polar surface area (TPSA) is 64.4 Å². The number of pyridine rings is 1. The smallest absolute Gasteiger partial charge is 0.417 e. The zero-order chi connectivity index (χ0) is 27.1. The van der Waals surface area contributed by atoms with Crippen LogP contribution in [0.4, 0.5) is 13.2 Å². The molecular formula is C27H29ClF3N3O3. The molecule has 198 valence electrons. The molecule has 0 spiro atoms. The third kappa shape index (κ3) is 5.46. The molecule has 1 aliphatic rings. The Morgan fingerprint density at radius 1 is 1.19 bits per heavy atom. The first kappa shape index (κ1) is 27.0. The van der Waals surface area contributed by atoms with Crippen molar-refractivity contribution in [1.82, 2.24) is 14.5 Å². The van der Waals surface area contributed by atoms with Crippen LogP contribution in [-0.2, 0) is 24.4 Å². The fourth-order valence-electron chi connectivity index (χ4n) is 5.08. The van der Waals surface area contributed by atoms with E-state index in [1.807, 2.05) is 13.8 Å². The lowest BCUT2D eigenvalue weighted by molar-refractivity contribution is -0.137. The number of piperidine rings is 1. The van der Waals surface area contributed by atoms with Gasteiger partial charge in [-0.2, -0.15) is 13.2 Å². The molecule has 1 fully saturated rings. The maximum atomic E-state index is 14.6. The summed E-state index contributed by atoms with van der Waals surface area (Å²) in [5.74, 6) is -0.424. The van der Waals surface area contributed by atoms with Gasteiger partial charge in [-0.25, -0.2) is 4.98 Å². The van der Waals surface area contributed by atoms with Crippen LogP contribution in [0.25, 0.3) is 11.0 Å². The van der Waals surface area contributed by atoms with Crippen LogP contribution in [0, 0.1) is 5.92 Å². The average Bonchev–Trinajstić information content (AvgIpc) is 3.18. The maximum absolute atomic E-state index is 14.6. The van der Waals surface area contributed by atoms with Crippen molar-refractivity contribution in [2.75, 3.05) is 20.2 Å². The summed E-state index contributed by atoms with van der Waals surface area (Å²) in [5, 5.41) is 0.276. The largest absolute Gasteiger partial charge is 0.497 e. The predicted octanol–water partition coefficient (Wildman–Crippen LogP) is 6.04. The molecule has 3 heterocycles. The van der Waals surface area contributed by atoms with Crippen LogP contribution in [0.5, 0.6) is 5.75 Å². The monoisotopic (exact) mass is 535 g/mol. The van der Waals surface area contributed by atoms with Crippen LogP contribution in [0.2, 0.25) is 5.02 Å². The number of amides is 1. The molecule has 0 bridgehead atoms. The van der Waals surface area contributed by atoms with E-state index in [2.05, 4.69) is 4.98 Å². The number of likely N-dealkylation sites (tertiary alicyclic amines) is 1. The number of rotatable bonds is 6. The number of methoxy groups -OCH3 is 1. The van der Waals surface area contributed by atoms with Crippen LogP contribution in [-0.4, -0.2) is 46.3 Å². The molecule has 37 heavy (non-hydrogen) atoms. The number of aromatic nitrogens is 2. The number of ether oxygens (including phenoxy) is 1. The zero-order valence-electron chi connectivity index (χ0n) is 21.2. The molecule has 1 saturated heterocycles. The first-order chi connectivity index (χ1) is 17.4. The van der Waals surface area contributed by atoms with Crippen molar-refractivity contribution in [2.24, 2.45) is 13.0 Å². The second-order valence-corrected chi connectivity index (χ2v) is 10.2. The Balaban J connectivity index is 1.74. The van der Waals surface area contributed by atoms with Gasteiger partial charge in [-0.3, -0.25) is 9.59 Å². The Morgan fingerprint density at radius 3 is 2.46 bits per heavy atom. The number of Topliss-reactive ketones (excluding diaryl/α,β-unsaturated/α-hetero) is 1. The van der Waals surface area contributed by atoms with Crippen molar-refractivity contribution in [3.63, 3.8) is 0 Å². The second kappa shape index (κ2) is 10.4. The molecule has 2 aromatic heterocycles. The van der Waals surface area contributed by atoms with Crippen molar-refractivity contribution >= 4 is 34.3 Å². The van der Waals surface area contributed by atoms with Gasteiger partial charge < -0.3 is 14.2 Å². The lowest BCUT2D eigenvalue weighted by Crippen LogP contribution is -2.40. The maximum Gasteiger partial charge on any atom is 0.417 e. The number of hydrogen-bond acceptors (Lipinski definition) is 4. The molecule has 1 amide bonds. The Kier molecular flexibility index (Phi) is 7.55. The Bertz CT molecular complexity index is 1340. The van der Waals surface area contributed by atoms with E-state index >= 15 is 0 Å². The normalized spacial score (nSPS) is 15.0. The number of fused-ring (bicyclic) bond motifs is 1. The Labute approximate surface area is 218 Å². The minimum Gasteiger partial charge on any atom is -0.497 e. The number of carbonyl (C=O) groups excluding carboxylic acids is 2. The van der Waals surface area contributed by atoms with Gasteiger partial charge in [-0.15, -0.1) is 0 Å². The van der Waals surface area contributed by atoms with E-state index in [9.17, 15) is 22.8 Å². The van der Waals surface area contributed by atoms with Crippen molar-refractivity contribution < 1.29 is 27.5 Å². The second-order valence-electron chi connectivity index (χ2n) is 9.78. The summed E-state index contributed by atoms with van der Waals surface area (Å²) in [6, 6.07) is 4.38. The third-order valence-corrected chi connectivity index (χ3v) is 7.11. The van der Waals surface area contributed by atoms with Gasteiger partial charge in [0, 0.05) is 60.8 Å². The predicted molar refractivity (Wildman–Crippen MR) is 135 cm³/mol. The fourth-order valence-corrected chi connectivity index (χ4v) is 5.30. The van der Waals surface area contributed by atoms with Gasteiger partial charge in [-0.05, 0) is 48.1 Å². The zero-order valence-corrected chi connectivity index (χ0v) is 21.9. The van der Waals surface area contributed by atoms with Gasteiger partial charge >= 0.3 is 6.18 Å². The summed E-state index contributed by atoms with van der Waals surface area (Å²) >= 11 is 6.06. The van der Waals surface area contributed by atoms with Crippen LogP contribution >= 0.6 is 11.6 Å². The van der Waals surface area contributed by atoms with E-state index in [-0.39, 0.29) is 44.9 Å². The van der Waals surface area contributed by atoms with Gasteiger partial charge in [0.05, 0.1) is 12.7 Å². The lowest BCUT2D eigenvalue weighted by atomic mass is 9.87. The highest BCUT2D eigenvalue weighted by Gasteiger charge is 2.39. The van der Waals surface area contributed by atoms with Crippen LogP contribution in [0.1, 0.15) is 59.7 Å². The number of nitrogens with zero attached hydrogens (tertiary/aromatic N) is 3. The van der Waals surface area contributed by atoms with Crippen LogP contribution in [0.3, 0.4) is 0 Å². The standard InChI is InChI=1S/C27H29ClF3N3O3/c1-15(2)26(36)34-7-5-16(6-8-34)21-14-33(3)25-23(21)24(27(29,30)31)18(13-32-25)11-22(35)17-9-19(28)12-20(10-17)37-4/h9-10,12-16H,5-8,11H2,1-4H3. The van der Waals surface area contributed by atoms with Gasteiger partial charge in [-0.1, -0.05) is 25.4 Å². The van der Waals surface area contributed by atoms with E-state index < -0.39 is 23.9 Å². The highest BCUT2D eigenvalue weighted by molar-refractivity contribution is 6.31. The minimum absolute atomic E-state index is 0.0256. The van der Waals surface area contributed by atoms with Crippen molar-refractivity contribution in [1.29, 1.82) is 0 Å². The number of benzene rings is 1. The Morgan fingerprint density at radius 2 is 1.86 bits per heavy atom. The molecular weight excluding hydrogens is 507 g/mol. The molecule has 0 aliphatic carbocycles. The number of carbonyl (C=O) groups is 2. The summed E-state index contributed by atoms with van der Waals surface area (Å²) in [4.78, 5) is 31.5. The van der Waals surface area contributed by atoms with Crippen LogP contribution < -0.4 is 4.74 Å². The number of halogens is 4. The molecule has 10 heteroatoms. The summed E-state index contributed by atoms with van der Waals surface area (Å²) in [6.07, 6.45) is -1.24. The third-order valence-electron chi connectivity index (χ3n) is 6.90. The summed E-state index contributed by atoms with van der Waals surface area (Å²) in [7, 11) is 3.08. The summed E-state index contributed by atoms with van der Waals surface area (Å²) in [5.41, 5.74) is -0.107. The van der Waals surface area contributed by atoms with Gasteiger partial charge in [0.15, 0.2) is 5.78 Å². The van der Waals surface area contributed by atoms with E-state index in [1.165, 1.54) is 25.3 Å². The van der Waals surface area contributed by atoms with Crippen LogP contribution in [0.15, 0.2) is 30.6 Å². The molecule has 3 aromatic rings. The number of ketones is 1. The molecule has 0 unspecified atom stereocenters. The first-order valence-electron chi connectivity index (χ1n) is 12.1. The quantitative estimate of drug-likeness (QED) is 0.361. The molecule has 1 aliphatic heterocycles. The molecule has 1 aromatic carbocycles. The van der Waals surface area contributed by atoms with E-state index in [0.29, 0.717) is 37.2 Å². The minimum atomic E-state index is -4.70. The molecule has 0 N–H and O–H groups in total. The molecule has 0 radical (unpaired) electrons. The SMILES string of the molecule is COc1cc(Cl)cc(C(=O)Cc2cnc3c(c(C4CCN(C(=O)C(C)C)CC4)cn3C)c2C(F)(F)F)c1. The van der Waals surface area contributed by atoms with Crippen molar-refractivity contribution in [3.05, 3.63) is 57.9 Å². The highest BCUT2D eigenvalue weighted by atomic mass is 35.5. The summed E-state index contributed by atoms with van der Waals surface area (Å²) in [6.45, 7) is 4.65. The highest BCUT2D eigenvalue weighted by Crippen LogP contribution is 2.43. The first-order valence-corrected chi connectivity index (χ1v) is 12.5. The van der Waals surface area contributed by atoms with E-state index in [0.717, 1.165) is 6.20 Å². The number of hydrogen-bond donors (Lipinski definition) is 0. The molecule has 4 rings (SSSR count). The van der Waals surface area contributed by atoms with E-state index in [4.69, 9.17) is 16.3 Å². The molecule has 6 nitrogen and oxygen atoms in total. The fraction of sp³-hybridized carbons (Fsp3) is 0.444. The van der Waals surface area contributed by atoms with Gasteiger partial charge in [0.25, 0.3) is 0 Å². The van der Waals surface area contributed by atoms with Crippen molar-refractivity contribution in [3.8, 4) is 5.75 Å². The summed E-state index contributed by atoms with van der Waals surface area (Å²) < 4.78 is 50.5. The average molecular weight is 536 g/mol. The van der Waals surface area contributed by atoms with E-state index in [1.54, 1.807) is 22.7 Å². The van der Waals surface area contributed by atoms with Gasteiger partial charge in [0.2, 0.25) is 5.91 Å². The Hall–Kier alpha value is -3.07. The lowest BCUT2D eigenvalue weighted by Gasteiger charge is -2.33. The molecule has 0 saturated carbocycles. The number of alkyl halides is 3. The molecule has 0 atom stereocenters. The number of aryl methyl sites for hydroxylation is 1. The van der Waals surface area contributed by atoms with Gasteiger partial charge in [0.1, 0.15) is 11.4 Å². The van der Waals surface area contributed by atoms with Crippen molar-refractivity contribution in [2.45, 2.75) is 45.2 Å².